The van der Waals surface area contributed by atoms with Crippen molar-refractivity contribution in [2.75, 3.05) is 26.4 Å². The average Bonchev–Trinajstić information content (AvgIpc) is 3.48. The maximum atomic E-state index is 5.65. The minimum atomic E-state index is 0.293. The van der Waals surface area contributed by atoms with Crippen molar-refractivity contribution in [3.8, 4) is 11.5 Å². The van der Waals surface area contributed by atoms with E-state index < -0.39 is 0 Å². The standard InChI is InChI=1S/C19H20O4/c1-5-16(20-10-18-12-22-18)6-2-14(1)9-15-3-7-17(8-4-15)21-11-19-13-23-19/h1-8,18-19H,9-13H2/t18-,19-/m1/s1. The summed E-state index contributed by atoms with van der Waals surface area (Å²) in [5.74, 6) is 1.80. The van der Waals surface area contributed by atoms with Crippen LogP contribution < -0.4 is 9.47 Å². The minimum absolute atomic E-state index is 0.293. The second-order valence-electron chi connectivity index (χ2n) is 6.00. The molecule has 0 unspecified atom stereocenters. The molecule has 2 saturated heterocycles. The maximum Gasteiger partial charge on any atom is 0.119 e. The summed E-state index contributed by atoms with van der Waals surface area (Å²) in [7, 11) is 0. The van der Waals surface area contributed by atoms with Crippen molar-refractivity contribution in [2.45, 2.75) is 18.6 Å². The van der Waals surface area contributed by atoms with Crippen LogP contribution in [0.5, 0.6) is 11.5 Å². The molecule has 2 fully saturated rings. The molecule has 0 aromatic heterocycles. The summed E-state index contributed by atoms with van der Waals surface area (Å²) in [6.07, 6.45) is 1.49. The molecule has 2 aromatic rings. The van der Waals surface area contributed by atoms with Crippen LogP contribution in [0.4, 0.5) is 0 Å². The molecule has 2 aliphatic heterocycles. The lowest BCUT2D eigenvalue weighted by Gasteiger charge is -2.07. The highest BCUT2D eigenvalue weighted by Gasteiger charge is 2.23. The van der Waals surface area contributed by atoms with E-state index in [0.717, 1.165) is 31.1 Å². The van der Waals surface area contributed by atoms with Gasteiger partial charge in [0.2, 0.25) is 0 Å². The van der Waals surface area contributed by atoms with Gasteiger partial charge in [-0.15, -0.1) is 0 Å². The van der Waals surface area contributed by atoms with Crippen molar-refractivity contribution in [2.24, 2.45) is 0 Å². The van der Waals surface area contributed by atoms with Gasteiger partial charge in [0, 0.05) is 0 Å². The van der Waals surface area contributed by atoms with Gasteiger partial charge in [-0.25, -0.2) is 0 Å². The minimum Gasteiger partial charge on any atom is -0.491 e. The number of ether oxygens (including phenoxy) is 4. The van der Waals surface area contributed by atoms with Crippen molar-refractivity contribution in [3.05, 3.63) is 59.7 Å². The zero-order valence-electron chi connectivity index (χ0n) is 12.9. The Morgan fingerprint density at radius 2 is 1.09 bits per heavy atom. The van der Waals surface area contributed by atoms with Crippen molar-refractivity contribution in [3.63, 3.8) is 0 Å². The van der Waals surface area contributed by atoms with Gasteiger partial charge >= 0.3 is 0 Å². The smallest absolute Gasteiger partial charge is 0.119 e. The molecule has 0 spiro atoms. The second kappa shape index (κ2) is 6.60. The lowest BCUT2D eigenvalue weighted by Crippen LogP contribution is -2.04. The fourth-order valence-corrected chi connectivity index (χ4v) is 2.35. The van der Waals surface area contributed by atoms with Crippen LogP contribution in [0, 0.1) is 0 Å². The first-order valence-corrected chi connectivity index (χ1v) is 8.02. The second-order valence-corrected chi connectivity index (χ2v) is 6.00. The van der Waals surface area contributed by atoms with Crippen molar-refractivity contribution >= 4 is 0 Å². The molecule has 4 rings (SSSR count). The van der Waals surface area contributed by atoms with Gasteiger partial charge in [0.05, 0.1) is 13.2 Å². The Morgan fingerprint density at radius 3 is 1.43 bits per heavy atom. The Hall–Kier alpha value is -2.04. The number of benzene rings is 2. The third kappa shape index (κ3) is 4.47. The Kier molecular flexibility index (Phi) is 4.18. The van der Waals surface area contributed by atoms with Crippen LogP contribution in [0.3, 0.4) is 0 Å². The maximum absolute atomic E-state index is 5.65. The average molecular weight is 312 g/mol. The summed E-state index contributed by atoms with van der Waals surface area (Å²) in [6.45, 7) is 2.94. The predicted octanol–water partition coefficient (Wildman–Crippen LogP) is 2.83. The topological polar surface area (TPSA) is 43.5 Å². The Balaban J connectivity index is 1.29. The first-order valence-electron chi connectivity index (χ1n) is 8.02. The van der Waals surface area contributed by atoms with Gasteiger partial charge in [0.25, 0.3) is 0 Å². The number of hydrogen-bond donors (Lipinski definition) is 0. The molecule has 2 heterocycles. The molecule has 0 bridgehead atoms. The fraction of sp³-hybridized carbons (Fsp3) is 0.368. The Morgan fingerprint density at radius 1 is 0.696 bits per heavy atom. The van der Waals surface area contributed by atoms with E-state index in [2.05, 4.69) is 24.3 Å². The molecule has 0 aliphatic carbocycles. The number of epoxide rings is 2. The molecule has 4 nitrogen and oxygen atoms in total. The molecular formula is C19H20O4. The van der Waals surface area contributed by atoms with E-state index in [4.69, 9.17) is 18.9 Å². The molecular weight excluding hydrogens is 292 g/mol. The summed E-state index contributed by atoms with van der Waals surface area (Å²) in [6, 6.07) is 16.5. The van der Waals surface area contributed by atoms with Gasteiger partial charge in [-0.05, 0) is 41.8 Å². The largest absolute Gasteiger partial charge is 0.491 e. The van der Waals surface area contributed by atoms with Gasteiger partial charge in [-0.2, -0.15) is 0 Å². The monoisotopic (exact) mass is 312 g/mol. The van der Waals surface area contributed by atoms with E-state index in [1.54, 1.807) is 0 Å². The summed E-state index contributed by atoms with van der Waals surface area (Å²) >= 11 is 0. The van der Waals surface area contributed by atoms with Crippen LogP contribution in [0.15, 0.2) is 48.5 Å². The first-order chi connectivity index (χ1) is 11.3. The molecule has 0 radical (unpaired) electrons. The molecule has 0 saturated carbocycles. The van der Waals surface area contributed by atoms with E-state index in [1.165, 1.54) is 11.1 Å². The lowest BCUT2D eigenvalue weighted by atomic mass is 10.0. The lowest BCUT2D eigenvalue weighted by molar-refractivity contribution is 0.263. The van der Waals surface area contributed by atoms with E-state index in [9.17, 15) is 0 Å². The van der Waals surface area contributed by atoms with Crippen molar-refractivity contribution in [1.29, 1.82) is 0 Å². The molecule has 4 heteroatoms. The van der Waals surface area contributed by atoms with E-state index in [0.29, 0.717) is 25.4 Å². The third-order valence-corrected chi connectivity index (χ3v) is 3.93. The quantitative estimate of drug-likeness (QED) is 0.703. The molecule has 23 heavy (non-hydrogen) atoms. The molecule has 120 valence electrons. The van der Waals surface area contributed by atoms with Crippen molar-refractivity contribution < 1.29 is 18.9 Å². The van der Waals surface area contributed by atoms with Crippen LogP contribution in [-0.4, -0.2) is 38.6 Å². The SMILES string of the molecule is c1cc(OC[C@@H]2CO2)ccc1Cc1ccc(OC[C@@H]2CO2)cc1. The highest BCUT2D eigenvalue weighted by Crippen LogP contribution is 2.20. The first kappa shape index (κ1) is 14.5. The summed E-state index contributed by atoms with van der Waals surface area (Å²) in [5.41, 5.74) is 2.53. The third-order valence-electron chi connectivity index (χ3n) is 3.93. The van der Waals surface area contributed by atoms with Crippen LogP contribution in [0.1, 0.15) is 11.1 Å². The Bertz CT molecular complexity index is 570. The van der Waals surface area contributed by atoms with Gasteiger partial charge in [0.1, 0.15) is 36.9 Å². The fourth-order valence-electron chi connectivity index (χ4n) is 2.35. The summed E-state index contributed by atoms with van der Waals surface area (Å²) < 4.78 is 21.6. The number of rotatable bonds is 8. The van der Waals surface area contributed by atoms with Crippen LogP contribution in [0.25, 0.3) is 0 Å². The van der Waals surface area contributed by atoms with Crippen LogP contribution in [0.2, 0.25) is 0 Å². The van der Waals surface area contributed by atoms with Gasteiger partial charge in [0.15, 0.2) is 0 Å². The van der Waals surface area contributed by atoms with Crippen LogP contribution in [-0.2, 0) is 15.9 Å². The van der Waals surface area contributed by atoms with Crippen LogP contribution >= 0.6 is 0 Å². The van der Waals surface area contributed by atoms with E-state index in [-0.39, 0.29) is 0 Å². The molecule has 2 aromatic carbocycles. The highest BCUT2D eigenvalue weighted by molar-refractivity contribution is 5.34. The summed E-state index contributed by atoms with van der Waals surface area (Å²) in [4.78, 5) is 0. The van der Waals surface area contributed by atoms with Gasteiger partial charge in [-0.3, -0.25) is 0 Å². The normalized spacial score (nSPS) is 21.7. The predicted molar refractivity (Wildman–Crippen MR) is 86.2 cm³/mol. The Labute approximate surface area is 135 Å². The zero-order valence-corrected chi connectivity index (χ0v) is 12.9. The van der Waals surface area contributed by atoms with E-state index >= 15 is 0 Å². The van der Waals surface area contributed by atoms with E-state index in [1.807, 2.05) is 24.3 Å². The zero-order chi connectivity index (χ0) is 15.5. The molecule has 2 aliphatic rings. The number of hydrogen-bond acceptors (Lipinski definition) is 4. The molecule has 0 N–H and O–H groups in total. The highest BCUT2D eigenvalue weighted by atomic mass is 16.6. The van der Waals surface area contributed by atoms with Crippen molar-refractivity contribution in [1.82, 2.24) is 0 Å². The summed E-state index contributed by atoms with van der Waals surface area (Å²) in [5, 5.41) is 0. The molecule has 0 amide bonds. The van der Waals surface area contributed by atoms with Gasteiger partial charge in [-0.1, -0.05) is 24.3 Å². The van der Waals surface area contributed by atoms with Gasteiger partial charge < -0.3 is 18.9 Å². The molecule has 2 atom stereocenters.